The van der Waals surface area contributed by atoms with Crippen molar-refractivity contribution in [2.24, 2.45) is 0 Å². The van der Waals surface area contributed by atoms with Gasteiger partial charge in [-0.25, -0.2) is 0 Å². The molecule has 32 heavy (non-hydrogen) atoms. The van der Waals surface area contributed by atoms with E-state index in [4.69, 9.17) is 0 Å². The van der Waals surface area contributed by atoms with Crippen molar-refractivity contribution in [2.45, 2.75) is 78.6 Å². The Kier molecular flexibility index (Phi) is 6.51. The molecule has 0 amide bonds. The van der Waals surface area contributed by atoms with E-state index in [0.29, 0.717) is 0 Å². The number of benzene rings is 3. The number of hydrogen-bond acceptors (Lipinski definition) is 1. The summed E-state index contributed by atoms with van der Waals surface area (Å²) in [6, 6.07) is 25.9. The summed E-state index contributed by atoms with van der Waals surface area (Å²) in [6.07, 6.45) is 0. The predicted octanol–water partition coefficient (Wildman–Crippen LogP) is 6.51. The first kappa shape index (κ1) is 24.7. The molecule has 0 bridgehead atoms. The molecule has 1 N–H and O–H groups in total. The van der Waals surface area contributed by atoms with Crippen molar-refractivity contribution in [1.82, 2.24) is 0 Å². The van der Waals surface area contributed by atoms with E-state index in [1.807, 2.05) is 0 Å². The van der Waals surface area contributed by atoms with Gasteiger partial charge in [0, 0.05) is 0 Å². The maximum atomic E-state index is 12.4. The molecule has 0 atom stereocenters. The fraction of sp³-hybridized carbons (Fsp3) is 0.400. The topological polar surface area (TPSA) is 20.2 Å². The van der Waals surface area contributed by atoms with Gasteiger partial charge in [0.1, 0.15) is 0 Å². The summed E-state index contributed by atoms with van der Waals surface area (Å²) < 4.78 is 0. The second kappa shape index (κ2) is 8.44. The van der Waals surface area contributed by atoms with E-state index in [-0.39, 0.29) is 16.2 Å². The predicted molar refractivity (Wildman–Crippen MR) is 145 cm³/mol. The van der Waals surface area contributed by atoms with Crippen LogP contribution in [-0.2, 0) is 16.2 Å². The van der Waals surface area contributed by atoms with Crippen LogP contribution >= 0.6 is 7.49 Å². The van der Waals surface area contributed by atoms with Gasteiger partial charge < -0.3 is 0 Å². The first-order valence-electron chi connectivity index (χ1n) is 11.7. The third kappa shape index (κ3) is 5.00. The Morgan fingerprint density at radius 1 is 0.406 bits per heavy atom. The third-order valence-electron chi connectivity index (χ3n) is 6.51. The summed E-state index contributed by atoms with van der Waals surface area (Å²) >= 11 is 0. The maximum absolute atomic E-state index is 12.4. The molecule has 3 aromatic carbocycles. The van der Waals surface area contributed by atoms with Gasteiger partial charge in [-0.15, -0.1) is 0 Å². The Hall–Kier alpha value is -1.95. The van der Waals surface area contributed by atoms with E-state index in [1.54, 1.807) is 0 Å². The fourth-order valence-electron chi connectivity index (χ4n) is 4.13. The fourth-order valence-corrected chi connectivity index (χ4v) is 7.08. The Morgan fingerprint density at radius 2 is 0.594 bits per heavy atom. The molecule has 0 aliphatic heterocycles. The van der Waals surface area contributed by atoms with Gasteiger partial charge in [0.2, 0.25) is 0 Å². The van der Waals surface area contributed by atoms with Gasteiger partial charge in [-0.1, -0.05) is 0 Å². The molecular weight excluding hydrogens is 407 g/mol. The molecule has 0 saturated heterocycles. The summed E-state index contributed by atoms with van der Waals surface area (Å²) in [7, 11) is -3.12. The molecule has 2 heteroatoms. The molecule has 0 aliphatic carbocycles. The van der Waals surface area contributed by atoms with Crippen LogP contribution in [0.5, 0.6) is 0 Å². The minimum atomic E-state index is -3.12. The van der Waals surface area contributed by atoms with Crippen molar-refractivity contribution in [3.63, 3.8) is 0 Å². The standard InChI is InChI=1S/C30H41OP/c1-28(2,3)22-10-16-25(17-11-22)32(31,26-18-12-23(13-19-26)29(4,5)6)27-20-14-24(15-21-27)30(7,8)9/h10-21,31-32H,1-9H3. The number of hydrogen-bond donors (Lipinski definition) is 1. The minimum absolute atomic E-state index is 0.0842. The van der Waals surface area contributed by atoms with Crippen molar-refractivity contribution in [3.05, 3.63) is 89.5 Å². The molecule has 172 valence electrons. The average Bonchev–Trinajstić information content (AvgIpc) is 2.71. The molecular formula is C30H41OP. The van der Waals surface area contributed by atoms with Crippen LogP contribution in [-0.4, -0.2) is 4.89 Å². The van der Waals surface area contributed by atoms with Crippen molar-refractivity contribution in [1.29, 1.82) is 0 Å². The van der Waals surface area contributed by atoms with Crippen molar-refractivity contribution in [3.8, 4) is 0 Å². The zero-order valence-electron chi connectivity index (χ0n) is 21.4. The van der Waals surface area contributed by atoms with E-state index in [2.05, 4.69) is 135 Å². The molecule has 3 aromatic rings. The van der Waals surface area contributed by atoms with Crippen LogP contribution in [0.25, 0.3) is 0 Å². The Bertz CT molecular complexity index is 899. The monoisotopic (exact) mass is 448 g/mol. The summed E-state index contributed by atoms with van der Waals surface area (Å²) in [4.78, 5) is 12.4. The Labute approximate surface area is 196 Å². The van der Waals surface area contributed by atoms with Crippen molar-refractivity contribution < 1.29 is 4.89 Å². The van der Waals surface area contributed by atoms with Crippen LogP contribution in [0.15, 0.2) is 72.8 Å². The molecule has 1 nitrogen and oxygen atoms in total. The van der Waals surface area contributed by atoms with Crippen LogP contribution in [0, 0.1) is 0 Å². The zero-order valence-corrected chi connectivity index (χ0v) is 22.4. The molecule has 0 radical (unpaired) electrons. The van der Waals surface area contributed by atoms with E-state index < -0.39 is 7.49 Å². The molecule has 0 aromatic heterocycles. The summed E-state index contributed by atoms with van der Waals surface area (Å²) in [5.74, 6) is 0. The van der Waals surface area contributed by atoms with E-state index in [9.17, 15) is 4.89 Å². The molecule has 0 unspecified atom stereocenters. The van der Waals surface area contributed by atoms with Crippen LogP contribution in [0.1, 0.15) is 79.0 Å². The summed E-state index contributed by atoms with van der Waals surface area (Å²) in [5.41, 5.74) is 4.10. The van der Waals surface area contributed by atoms with E-state index in [0.717, 1.165) is 15.9 Å². The second-order valence-electron chi connectivity index (χ2n) is 12.2. The van der Waals surface area contributed by atoms with Crippen LogP contribution in [0.3, 0.4) is 0 Å². The van der Waals surface area contributed by atoms with E-state index >= 15 is 0 Å². The van der Waals surface area contributed by atoms with Gasteiger partial charge in [-0.2, -0.15) is 0 Å². The third-order valence-corrected chi connectivity index (χ3v) is 10.0. The molecule has 0 heterocycles. The Morgan fingerprint density at radius 3 is 0.750 bits per heavy atom. The average molecular weight is 449 g/mol. The Balaban J connectivity index is 2.17. The first-order valence-corrected chi connectivity index (χ1v) is 13.6. The van der Waals surface area contributed by atoms with Crippen LogP contribution in [0.4, 0.5) is 0 Å². The zero-order chi connectivity index (χ0) is 23.9. The van der Waals surface area contributed by atoms with Gasteiger partial charge in [0.15, 0.2) is 0 Å². The van der Waals surface area contributed by atoms with Gasteiger partial charge in [-0.3, -0.25) is 0 Å². The number of rotatable bonds is 3. The van der Waals surface area contributed by atoms with Gasteiger partial charge >= 0.3 is 196 Å². The second-order valence-corrected chi connectivity index (χ2v) is 15.3. The van der Waals surface area contributed by atoms with E-state index in [1.165, 1.54) is 16.7 Å². The molecule has 3 rings (SSSR count). The summed E-state index contributed by atoms with van der Waals surface area (Å²) in [5, 5.41) is 3.08. The van der Waals surface area contributed by atoms with Crippen LogP contribution < -0.4 is 15.9 Å². The van der Waals surface area contributed by atoms with Crippen molar-refractivity contribution >= 4 is 23.4 Å². The quantitative estimate of drug-likeness (QED) is 0.453. The van der Waals surface area contributed by atoms with Gasteiger partial charge in [-0.05, 0) is 0 Å². The first-order chi connectivity index (χ1) is 14.6. The van der Waals surface area contributed by atoms with Crippen molar-refractivity contribution in [2.75, 3.05) is 0 Å². The van der Waals surface area contributed by atoms with Crippen LogP contribution in [0.2, 0.25) is 0 Å². The van der Waals surface area contributed by atoms with Gasteiger partial charge in [0.05, 0.1) is 0 Å². The molecule has 0 fully saturated rings. The van der Waals surface area contributed by atoms with Gasteiger partial charge in [0.25, 0.3) is 0 Å². The summed E-state index contributed by atoms with van der Waals surface area (Å²) in [6.45, 7) is 20.0. The SMILES string of the molecule is CC(C)(C)c1ccc([PH](O)(c2ccc(C(C)(C)C)cc2)c2ccc(C(C)(C)C)cc2)cc1. The molecule has 0 spiro atoms. The normalized spacial score (nSPS) is 13.8. The molecule has 0 aliphatic rings. The molecule has 0 saturated carbocycles.